The maximum Gasteiger partial charge on any atom is 0.306 e. The summed E-state index contributed by atoms with van der Waals surface area (Å²) in [6.45, 7) is 13.6. The first-order valence-electron chi connectivity index (χ1n) is 20.2. The Hall–Kier alpha value is -1.14. The van der Waals surface area contributed by atoms with Crippen LogP contribution in [0.1, 0.15) is 201 Å². The molecule has 0 aromatic rings. The molecule has 0 bridgehead atoms. The topological polar surface area (TPSA) is 81.9 Å². The third kappa shape index (κ3) is 31.5. The molecule has 2 N–H and O–H groups in total. The summed E-state index contributed by atoms with van der Waals surface area (Å²) in [6, 6.07) is 0. The van der Waals surface area contributed by atoms with Crippen LogP contribution in [-0.2, 0) is 19.1 Å². The second-order valence-corrected chi connectivity index (χ2v) is 14.1. The van der Waals surface area contributed by atoms with Gasteiger partial charge < -0.3 is 20.1 Å². The van der Waals surface area contributed by atoms with Gasteiger partial charge in [0.1, 0.15) is 6.10 Å². The monoisotopic (exact) mass is 653 g/mol. The molecule has 0 saturated carbocycles. The molecule has 0 spiro atoms. The number of hydrogen-bond acceptors (Lipinski definition) is 6. The zero-order valence-electron chi connectivity index (χ0n) is 31.4. The standard InChI is InChI=1S/C40H80N2O4/c1-5-8-11-20-27-37(4)36-45-39(43)30-22-15-13-17-24-33-42(35-26-32-41)34-25-18-14-16-23-31-40(44)46-38(28-19-10-7-3)29-21-12-9-6-2/h37-38H,5-36,41H2,1-4H3. The van der Waals surface area contributed by atoms with E-state index < -0.39 is 0 Å². The fourth-order valence-electron chi connectivity index (χ4n) is 6.16. The molecule has 0 aromatic heterocycles. The molecular formula is C40H80N2O4. The van der Waals surface area contributed by atoms with Crippen LogP contribution in [0.5, 0.6) is 0 Å². The van der Waals surface area contributed by atoms with E-state index in [2.05, 4.69) is 32.6 Å². The zero-order valence-corrected chi connectivity index (χ0v) is 31.4. The number of esters is 2. The Morgan fingerprint density at radius 3 is 1.54 bits per heavy atom. The average Bonchev–Trinajstić information content (AvgIpc) is 3.05. The van der Waals surface area contributed by atoms with Crippen molar-refractivity contribution in [2.45, 2.75) is 207 Å². The van der Waals surface area contributed by atoms with Crippen molar-refractivity contribution < 1.29 is 19.1 Å². The first-order valence-corrected chi connectivity index (χ1v) is 20.2. The van der Waals surface area contributed by atoms with Crippen LogP contribution in [0.2, 0.25) is 0 Å². The van der Waals surface area contributed by atoms with Crippen molar-refractivity contribution in [3.05, 3.63) is 0 Å². The van der Waals surface area contributed by atoms with Crippen molar-refractivity contribution >= 4 is 11.9 Å². The van der Waals surface area contributed by atoms with Gasteiger partial charge in [0.05, 0.1) is 6.61 Å². The van der Waals surface area contributed by atoms with Gasteiger partial charge in [-0.1, -0.05) is 124 Å². The molecule has 0 saturated heterocycles. The Balaban J connectivity index is 3.95. The van der Waals surface area contributed by atoms with Gasteiger partial charge in [0.2, 0.25) is 0 Å². The molecule has 0 aliphatic carbocycles. The molecule has 0 rings (SSSR count). The SMILES string of the molecule is CCCCCCC(C)COC(=O)CCCCCCCN(CCCN)CCCCCCCC(=O)OC(CCCCC)CCCCCC. The number of rotatable bonds is 36. The van der Waals surface area contributed by atoms with Crippen molar-refractivity contribution in [2.24, 2.45) is 11.7 Å². The Labute approximate surface area is 287 Å². The van der Waals surface area contributed by atoms with E-state index in [0.29, 0.717) is 25.4 Å². The normalized spacial score (nSPS) is 12.8. The molecule has 0 aliphatic heterocycles. The van der Waals surface area contributed by atoms with E-state index in [-0.39, 0.29) is 18.0 Å². The summed E-state index contributed by atoms with van der Waals surface area (Å²) in [5, 5.41) is 0. The van der Waals surface area contributed by atoms with Crippen molar-refractivity contribution in [1.29, 1.82) is 0 Å². The summed E-state index contributed by atoms with van der Waals surface area (Å²) < 4.78 is 11.4. The van der Waals surface area contributed by atoms with Crippen LogP contribution >= 0.6 is 0 Å². The third-order valence-corrected chi connectivity index (χ3v) is 9.28. The summed E-state index contributed by atoms with van der Waals surface area (Å²) >= 11 is 0. The fourth-order valence-corrected chi connectivity index (χ4v) is 6.16. The largest absolute Gasteiger partial charge is 0.465 e. The Bertz CT molecular complexity index is 659. The highest BCUT2D eigenvalue weighted by Crippen LogP contribution is 2.17. The predicted molar refractivity (Wildman–Crippen MR) is 197 cm³/mol. The smallest absolute Gasteiger partial charge is 0.306 e. The molecule has 0 aromatic carbocycles. The molecular weight excluding hydrogens is 572 g/mol. The first kappa shape index (κ1) is 44.9. The molecule has 0 amide bonds. The highest BCUT2D eigenvalue weighted by molar-refractivity contribution is 5.69. The number of nitrogens with zero attached hydrogens (tertiary/aromatic N) is 1. The van der Waals surface area contributed by atoms with Gasteiger partial charge in [-0.05, 0) is 96.3 Å². The highest BCUT2D eigenvalue weighted by atomic mass is 16.5. The van der Waals surface area contributed by atoms with Gasteiger partial charge in [-0.15, -0.1) is 0 Å². The lowest BCUT2D eigenvalue weighted by atomic mass is 10.0. The van der Waals surface area contributed by atoms with Gasteiger partial charge in [-0.3, -0.25) is 9.59 Å². The minimum absolute atomic E-state index is 0.0167. The number of hydrogen-bond donors (Lipinski definition) is 1. The predicted octanol–water partition coefficient (Wildman–Crippen LogP) is 10.9. The zero-order chi connectivity index (χ0) is 33.9. The van der Waals surface area contributed by atoms with Crippen LogP contribution in [-0.4, -0.2) is 55.7 Å². The first-order chi connectivity index (χ1) is 22.5. The number of carbonyl (C=O) groups is 2. The molecule has 274 valence electrons. The molecule has 6 heteroatoms. The van der Waals surface area contributed by atoms with E-state index in [1.165, 1.54) is 109 Å². The van der Waals surface area contributed by atoms with Crippen LogP contribution in [0, 0.1) is 5.92 Å². The molecule has 0 heterocycles. The number of unbranched alkanes of at least 4 members (excludes halogenated alkanes) is 16. The van der Waals surface area contributed by atoms with Gasteiger partial charge in [0.15, 0.2) is 0 Å². The maximum atomic E-state index is 12.5. The lowest BCUT2D eigenvalue weighted by molar-refractivity contribution is -0.150. The molecule has 0 radical (unpaired) electrons. The van der Waals surface area contributed by atoms with Gasteiger partial charge >= 0.3 is 11.9 Å². The minimum Gasteiger partial charge on any atom is -0.465 e. The average molecular weight is 653 g/mol. The second kappa shape index (κ2) is 35.2. The summed E-state index contributed by atoms with van der Waals surface area (Å²) in [5.74, 6) is 0.470. The summed E-state index contributed by atoms with van der Waals surface area (Å²) in [4.78, 5) is 27.2. The van der Waals surface area contributed by atoms with E-state index in [0.717, 1.165) is 77.5 Å². The van der Waals surface area contributed by atoms with Crippen LogP contribution in [0.25, 0.3) is 0 Å². The van der Waals surface area contributed by atoms with E-state index >= 15 is 0 Å². The lowest BCUT2D eigenvalue weighted by Crippen LogP contribution is -2.28. The van der Waals surface area contributed by atoms with E-state index in [1.54, 1.807) is 0 Å². The minimum atomic E-state index is -0.0205. The van der Waals surface area contributed by atoms with Crippen LogP contribution in [0.15, 0.2) is 0 Å². The molecule has 0 fully saturated rings. The van der Waals surface area contributed by atoms with Crippen molar-refractivity contribution in [3.63, 3.8) is 0 Å². The number of nitrogens with two attached hydrogens (primary N) is 1. The molecule has 46 heavy (non-hydrogen) atoms. The lowest BCUT2D eigenvalue weighted by Gasteiger charge is -2.22. The van der Waals surface area contributed by atoms with Crippen LogP contribution in [0.4, 0.5) is 0 Å². The summed E-state index contributed by atoms with van der Waals surface area (Å²) in [7, 11) is 0. The Morgan fingerprint density at radius 2 is 0.978 bits per heavy atom. The quantitative estimate of drug-likeness (QED) is 0.0536. The maximum absolute atomic E-state index is 12.5. The molecule has 2 unspecified atom stereocenters. The Morgan fingerprint density at radius 1 is 0.543 bits per heavy atom. The van der Waals surface area contributed by atoms with E-state index in [4.69, 9.17) is 15.2 Å². The highest BCUT2D eigenvalue weighted by Gasteiger charge is 2.14. The second-order valence-electron chi connectivity index (χ2n) is 14.1. The summed E-state index contributed by atoms with van der Waals surface area (Å²) in [6.07, 6.45) is 30.5. The molecule has 0 aliphatic rings. The van der Waals surface area contributed by atoms with E-state index in [9.17, 15) is 9.59 Å². The van der Waals surface area contributed by atoms with E-state index in [1.807, 2.05) is 0 Å². The van der Waals surface area contributed by atoms with Crippen molar-refractivity contribution in [2.75, 3.05) is 32.8 Å². The van der Waals surface area contributed by atoms with Gasteiger partial charge in [-0.25, -0.2) is 0 Å². The van der Waals surface area contributed by atoms with Gasteiger partial charge in [0, 0.05) is 12.8 Å². The number of ether oxygens (including phenoxy) is 2. The molecule has 6 nitrogen and oxygen atoms in total. The van der Waals surface area contributed by atoms with Crippen LogP contribution in [0.3, 0.4) is 0 Å². The number of carbonyl (C=O) groups excluding carboxylic acids is 2. The van der Waals surface area contributed by atoms with Crippen molar-refractivity contribution in [1.82, 2.24) is 4.90 Å². The van der Waals surface area contributed by atoms with Crippen molar-refractivity contribution in [3.8, 4) is 0 Å². The van der Waals surface area contributed by atoms with Gasteiger partial charge in [-0.2, -0.15) is 0 Å². The third-order valence-electron chi connectivity index (χ3n) is 9.28. The Kier molecular flexibility index (Phi) is 34.3. The fraction of sp³-hybridized carbons (Fsp3) is 0.950. The van der Waals surface area contributed by atoms with Crippen LogP contribution < -0.4 is 5.73 Å². The molecule has 2 atom stereocenters. The van der Waals surface area contributed by atoms with Gasteiger partial charge in [0.25, 0.3) is 0 Å². The summed E-state index contributed by atoms with van der Waals surface area (Å²) in [5.41, 5.74) is 5.81.